The second kappa shape index (κ2) is 6.28. The third-order valence-corrected chi connectivity index (χ3v) is 4.30. The van der Waals surface area contributed by atoms with E-state index < -0.39 is 0 Å². The van der Waals surface area contributed by atoms with E-state index in [2.05, 4.69) is 11.4 Å². The first-order chi connectivity index (χ1) is 10.3. The van der Waals surface area contributed by atoms with Crippen LogP contribution in [0.4, 0.5) is 0 Å². The van der Waals surface area contributed by atoms with Gasteiger partial charge < -0.3 is 10.2 Å². The predicted molar refractivity (Wildman–Crippen MR) is 80.8 cm³/mol. The number of hydrogen-bond acceptors (Lipinski definition) is 3. The van der Waals surface area contributed by atoms with Crippen molar-refractivity contribution in [2.24, 2.45) is 5.92 Å². The molecule has 1 heterocycles. The molecule has 1 unspecified atom stereocenters. The third-order valence-electron chi connectivity index (χ3n) is 4.30. The molecule has 0 bridgehead atoms. The number of amides is 1. The minimum Gasteiger partial charge on any atom is -0.337 e. The Morgan fingerprint density at radius 1 is 1.33 bits per heavy atom. The van der Waals surface area contributed by atoms with Crippen LogP contribution in [0.25, 0.3) is 0 Å². The number of nitrogens with zero attached hydrogens (tertiary/aromatic N) is 2. The van der Waals surface area contributed by atoms with Crippen LogP contribution >= 0.6 is 0 Å². The maximum Gasteiger partial charge on any atom is 0.253 e. The van der Waals surface area contributed by atoms with E-state index in [0.717, 1.165) is 26.1 Å². The van der Waals surface area contributed by atoms with Crippen molar-refractivity contribution in [2.75, 3.05) is 19.6 Å². The molecular formula is C17H21N3O. The molecule has 1 aliphatic heterocycles. The van der Waals surface area contributed by atoms with Gasteiger partial charge in [0.25, 0.3) is 5.91 Å². The summed E-state index contributed by atoms with van der Waals surface area (Å²) in [6.07, 6.45) is 4.81. The standard InChI is InChI=1S/C17H21N3O/c18-10-14-3-1-4-15(9-14)17(21)20(11-13-6-7-13)12-16-5-2-8-19-16/h1,3-4,9,13,16,19H,2,5-8,11-12H2. The summed E-state index contributed by atoms with van der Waals surface area (Å²) in [5.74, 6) is 0.738. The summed E-state index contributed by atoms with van der Waals surface area (Å²) in [5.41, 5.74) is 1.18. The van der Waals surface area contributed by atoms with Crippen LogP contribution < -0.4 is 5.32 Å². The highest BCUT2D eigenvalue weighted by Gasteiger charge is 2.29. The van der Waals surface area contributed by atoms with E-state index >= 15 is 0 Å². The lowest BCUT2D eigenvalue weighted by molar-refractivity contribution is 0.0733. The molecule has 0 aromatic heterocycles. The van der Waals surface area contributed by atoms with E-state index in [1.165, 1.54) is 19.3 Å². The summed E-state index contributed by atoms with van der Waals surface area (Å²) in [5, 5.41) is 12.4. The smallest absolute Gasteiger partial charge is 0.253 e. The first-order valence-electron chi connectivity index (χ1n) is 7.79. The molecule has 2 fully saturated rings. The Hall–Kier alpha value is -1.86. The molecule has 1 aromatic rings. The third kappa shape index (κ3) is 3.62. The molecule has 1 aromatic carbocycles. The number of carbonyl (C=O) groups excluding carboxylic acids is 1. The number of benzene rings is 1. The van der Waals surface area contributed by atoms with Gasteiger partial charge in [-0.25, -0.2) is 0 Å². The van der Waals surface area contributed by atoms with E-state index in [0.29, 0.717) is 23.1 Å². The molecule has 4 heteroatoms. The van der Waals surface area contributed by atoms with Crippen LogP contribution in [0.2, 0.25) is 0 Å². The van der Waals surface area contributed by atoms with Gasteiger partial charge in [-0.15, -0.1) is 0 Å². The Kier molecular flexibility index (Phi) is 4.21. The lowest BCUT2D eigenvalue weighted by Gasteiger charge is -2.26. The fourth-order valence-corrected chi connectivity index (χ4v) is 2.94. The van der Waals surface area contributed by atoms with Gasteiger partial charge >= 0.3 is 0 Å². The van der Waals surface area contributed by atoms with Gasteiger partial charge in [0, 0.05) is 24.7 Å². The average Bonchev–Trinajstić information content (AvgIpc) is 3.19. The molecule has 2 aliphatic rings. The molecule has 4 nitrogen and oxygen atoms in total. The Morgan fingerprint density at radius 2 is 2.19 bits per heavy atom. The summed E-state index contributed by atoms with van der Waals surface area (Å²) in [6, 6.07) is 9.56. The zero-order valence-electron chi connectivity index (χ0n) is 12.2. The molecule has 1 saturated carbocycles. The molecule has 1 saturated heterocycles. The summed E-state index contributed by atoms with van der Waals surface area (Å²) in [6.45, 7) is 2.69. The summed E-state index contributed by atoms with van der Waals surface area (Å²) in [7, 11) is 0. The van der Waals surface area contributed by atoms with E-state index in [9.17, 15) is 4.79 Å². The fourth-order valence-electron chi connectivity index (χ4n) is 2.94. The van der Waals surface area contributed by atoms with Crippen LogP contribution in [0.5, 0.6) is 0 Å². The highest BCUT2D eigenvalue weighted by atomic mass is 16.2. The zero-order chi connectivity index (χ0) is 14.7. The Bertz CT molecular complexity index is 553. The van der Waals surface area contributed by atoms with E-state index in [1.54, 1.807) is 18.2 Å². The van der Waals surface area contributed by atoms with Crippen LogP contribution in [0.15, 0.2) is 24.3 Å². The first kappa shape index (κ1) is 14.1. The molecular weight excluding hydrogens is 262 g/mol. The molecule has 0 radical (unpaired) electrons. The number of hydrogen-bond donors (Lipinski definition) is 1. The maximum atomic E-state index is 12.8. The van der Waals surface area contributed by atoms with Crippen molar-refractivity contribution in [3.8, 4) is 6.07 Å². The predicted octanol–water partition coefficient (Wildman–Crippen LogP) is 2.16. The van der Waals surface area contributed by atoms with Gasteiger partial charge in [-0.3, -0.25) is 4.79 Å². The second-order valence-electron chi connectivity index (χ2n) is 6.14. The van der Waals surface area contributed by atoms with Crippen molar-refractivity contribution in [3.05, 3.63) is 35.4 Å². The van der Waals surface area contributed by atoms with Crippen LogP contribution in [-0.2, 0) is 0 Å². The Morgan fingerprint density at radius 3 is 2.86 bits per heavy atom. The van der Waals surface area contributed by atoms with Crippen LogP contribution in [0.3, 0.4) is 0 Å². The second-order valence-corrected chi connectivity index (χ2v) is 6.14. The molecule has 1 N–H and O–H groups in total. The fraction of sp³-hybridized carbons (Fsp3) is 0.529. The number of nitriles is 1. The van der Waals surface area contributed by atoms with Gasteiger partial charge in [0.15, 0.2) is 0 Å². The highest BCUT2D eigenvalue weighted by Crippen LogP contribution is 2.30. The zero-order valence-corrected chi connectivity index (χ0v) is 12.2. The Balaban J connectivity index is 1.73. The quantitative estimate of drug-likeness (QED) is 0.901. The number of carbonyl (C=O) groups is 1. The lowest BCUT2D eigenvalue weighted by atomic mass is 10.1. The van der Waals surface area contributed by atoms with Crippen LogP contribution in [0, 0.1) is 17.2 Å². The largest absolute Gasteiger partial charge is 0.337 e. The van der Waals surface area contributed by atoms with Gasteiger partial charge in [-0.1, -0.05) is 6.07 Å². The van der Waals surface area contributed by atoms with Crippen molar-refractivity contribution in [1.29, 1.82) is 5.26 Å². The number of nitrogens with one attached hydrogen (secondary N) is 1. The van der Waals surface area contributed by atoms with Gasteiger partial charge in [0.1, 0.15) is 0 Å². The summed E-state index contributed by atoms with van der Waals surface area (Å²) >= 11 is 0. The van der Waals surface area contributed by atoms with Crippen LogP contribution in [0.1, 0.15) is 41.6 Å². The number of rotatable bonds is 5. The molecule has 3 rings (SSSR count). The van der Waals surface area contributed by atoms with Gasteiger partial charge in [0.2, 0.25) is 0 Å². The molecule has 1 amide bonds. The maximum absolute atomic E-state index is 12.8. The molecule has 1 aliphatic carbocycles. The summed E-state index contributed by atoms with van der Waals surface area (Å²) in [4.78, 5) is 14.7. The normalized spacial score (nSPS) is 21.0. The Labute approximate surface area is 125 Å². The first-order valence-corrected chi connectivity index (χ1v) is 7.79. The molecule has 0 spiro atoms. The van der Waals surface area contributed by atoms with E-state index in [4.69, 9.17) is 5.26 Å². The van der Waals surface area contributed by atoms with Crippen molar-refractivity contribution >= 4 is 5.91 Å². The molecule has 1 atom stereocenters. The highest BCUT2D eigenvalue weighted by molar-refractivity contribution is 5.94. The lowest BCUT2D eigenvalue weighted by Crippen LogP contribution is -2.42. The monoisotopic (exact) mass is 283 g/mol. The topological polar surface area (TPSA) is 56.1 Å². The van der Waals surface area contributed by atoms with E-state index in [1.807, 2.05) is 11.0 Å². The minimum absolute atomic E-state index is 0.0627. The van der Waals surface area contributed by atoms with Gasteiger partial charge in [-0.2, -0.15) is 5.26 Å². The summed E-state index contributed by atoms with van der Waals surface area (Å²) < 4.78 is 0. The molecule has 21 heavy (non-hydrogen) atoms. The van der Waals surface area contributed by atoms with Crippen molar-refractivity contribution in [1.82, 2.24) is 10.2 Å². The van der Waals surface area contributed by atoms with Gasteiger partial charge in [-0.05, 0) is 56.3 Å². The SMILES string of the molecule is N#Cc1cccc(C(=O)N(CC2CC2)CC2CCCN2)c1. The molecule has 110 valence electrons. The van der Waals surface area contributed by atoms with E-state index in [-0.39, 0.29) is 5.91 Å². The van der Waals surface area contributed by atoms with Gasteiger partial charge in [0.05, 0.1) is 11.6 Å². The van der Waals surface area contributed by atoms with Crippen molar-refractivity contribution in [2.45, 2.75) is 31.7 Å². The van der Waals surface area contributed by atoms with Crippen LogP contribution in [-0.4, -0.2) is 36.5 Å². The minimum atomic E-state index is 0.0627. The van der Waals surface area contributed by atoms with Crippen molar-refractivity contribution < 1.29 is 4.79 Å². The average molecular weight is 283 g/mol. The van der Waals surface area contributed by atoms with Crippen molar-refractivity contribution in [3.63, 3.8) is 0 Å².